The van der Waals surface area contributed by atoms with Crippen LogP contribution >= 0.6 is 0 Å². The summed E-state index contributed by atoms with van der Waals surface area (Å²) in [6, 6.07) is 80.7. The number of ketones is 1. The molecule has 506 valence electrons. The molecule has 0 saturated heterocycles. The number of aliphatic carboxylic acids is 1. The van der Waals surface area contributed by atoms with Crippen LogP contribution in [-0.2, 0) is 60.8 Å². The first-order valence-electron chi connectivity index (χ1n) is 30.7. The van der Waals surface area contributed by atoms with Gasteiger partial charge in [-0.2, -0.15) is 0 Å². The molecule has 12 aromatic rings. The predicted molar refractivity (Wildman–Crippen MR) is 378 cm³/mol. The molecule has 6 heterocycles. The Balaban J connectivity index is 0.000000169. The zero-order valence-corrected chi connectivity index (χ0v) is 54.6. The minimum atomic E-state index is -3.52. The fourth-order valence-corrected chi connectivity index (χ4v) is 9.62. The summed E-state index contributed by atoms with van der Waals surface area (Å²) < 4.78 is 21.8. The second kappa shape index (κ2) is 40.2. The van der Waals surface area contributed by atoms with E-state index in [4.69, 9.17) is 31.0 Å². The largest absolute Gasteiger partial charge is 0.481 e. The molecule has 6 aromatic heterocycles. The number of aromatic nitrogens is 6. The molecule has 22 nitrogen and oxygen atoms in total. The number of carbonyl (C=O) groups is 5. The molecule has 12 rings (SSSR count). The number of nitrogens with one attached hydrogen (secondary N) is 2. The van der Waals surface area contributed by atoms with Gasteiger partial charge in [0, 0.05) is 81.9 Å². The maximum absolute atomic E-state index is 11.1. The van der Waals surface area contributed by atoms with Gasteiger partial charge >= 0.3 is 5.97 Å². The number of benzene rings is 6. The van der Waals surface area contributed by atoms with E-state index in [9.17, 15) is 32.4 Å². The van der Waals surface area contributed by atoms with Crippen LogP contribution in [0, 0.1) is 0 Å². The van der Waals surface area contributed by atoms with Crippen LogP contribution in [0.2, 0.25) is 0 Å². The summed E-state index contributed by atoms with van der Waals surface area (Å²) in [4.78, 5) is 78.5. The molecule has 0 atom stereocenters. The third-order valence-electron chi connectivity index (χ3n) is 14.0. The smallest absolute Gasteiger partial charge is 0.309 e. The summed E-state index contributed by atoms with van der Waals surface area (Å²) in [5, 5.41) is 48.6. The molecule has 6 aromatic carbocycles. The van der Waals surface area contributed by atoms with Gasteiger partial charge in [0.1, 0.15) is 18.1 Å². The van der Waals surface area contributed by atoms with Crippen molar-refractivity contribution in [3.8, 4) is 66.8 Å². The molecule has 0 radical (unpaired) electrons. The Morgan fingerprint density at radius 1 is 0.380 bits per heavy atom. The number of aliphatic hydroxyl groups excluding tert-OH is 1. The molecule has 23 heteroatoms. The quantitative estimate of drug-likeness (QED) is 0.0161. The van der Waals surface area contributed by atoms with Gasteiger partial charge in [-0.25, -0.2) is 29.6 Å². The number of rotatable bonds is 19. The highest BCUT2D eigenvalue weighted by atomic mass is 32.2. The zero-order chi connectivity index (χ0) is 71.3. The van der Waals surface area contributed by atoms with Crippen molar-refractivity contribution in [1.29, 1.82) is 0 Å². The number of nitrogens with two attached hydrogens (primary N) is 1. The van der Waals surface area contributed by atoms with Crippen LogP contribution in [0.4, 0.5) is 0 Å². The lowest BCUT2D eigenvalue weighted by Gasteiger charge is -2.08. The first-order valence-corrected chi connectivity index (χ1v) is 32.4. The summed E-state index contributed by atoms with van der Waals surface area (Å²) in [5.41, 5.74) is 18.7. The second-order valence-corrected chi connectivity index (χ2v) is 23.0. The average Bonchev–Trinajstić information content (AvgIpc) is 1.05. The maximum atomic E-state index is 11.1. The summed E-state index contributed by atoms with van der Waals surface area (Å²) in [5.74, 6) is -2.39. The minimum absolute atomic E-state index is 0.0327. The van der Waals surface area contributed by atoms with E-state index < -0.39 is 34.4 Å². The summed E-state index contributed by atoms with van der Waals surface area (Å²) >= 11 is 0. The molecule has 0 fully saturated rings. The Bertz CT molecular complexity index is 4450. The maximum Gasteiger partial charge on any atom is 0.309 e. The Hall–Kier alpha value is -12.5. The number of primary sulfonamides is 1. The lowest BCUT2D eigenvalue weighted by Crippen LogP contribution is -2.21. The first kappa shape index (κ1) is 74.9. The molecular weight excluding hydrogens is 1290 g/mol. The van der Waals surface area contributed by atoms with E-state index in [1.165, 1.54) is 0 Å². The number of pyridine rings is 6. The monoisotopic (exact) mass is 1360 g/mol. The second-order valence-electron chi connectivity index (χ2n) is 21.4. The highest BCUT2D eigenvalue weighted by Crippen LogP contribution is 2.23. The molecule has 0 spiro atoms. The SMILES string of the molecule is NS(=O)(=O)Cc1ccc(-c2ccccc2)cn1.O=C(CO)c1ccc(-c2ccccc2)cn1.O=C(Cc1ccc(-c2ccccc2)cn1)NO.O=C(Cc1ccc(-c2ccccc2)cn1)NO.O=C(O)Cc1ccc(-c2ccccc2)cn1.O=CN(O)Cc1ccc(-c2ccccc2)cn1. The minimum Gasteiger partial charge on any atom is -0.481 e. The third-order valence-corrected chi connectivity index (χ3v) is 14.7. The van der Waals surface area contributed by atoms with Crippen LogP contribution < -0.4 is 16.1 Å². The highest BCUT2D eigenvalue weighted by Gasteiger charge is 2.10. The lowest BCUT2D eigenvalue weighted by atomic mass is 10.1. The van der Waals surface area contributed by atoms with E-state index in [1.54, 1.807) is 84.5 Å². The van der Waals surface area contributed by atoms with Gasteiger partial charge in [0.15, 0.2) is 0 Å². The van der Waals surface area contributed by atoms with Gasteiger partial charge in [-0.05, 0) is 69.8 Å². The average molecular weight is 1360 g/mol. The van der Waals surface area contributed by atoms with Gasteiger partial charge in [0.25, 0.3) is 0 Å². The zero-order valence-electron chi connectivity index (χ0n) is 53.7. The predicted octanol–water partition coefficient (Wildman–Crippen LogP) is 11.5. The van der Waals surface area contributed by atoms with Crippen molar-refractivity contribution in [3.63, 3.8) is 0 Å². The van der Waals surface area contributed by atoms with Crippen LogP contribution in [0.25, 0.3) is 66.8 Å². The number of aliphatic hydroxyl groups is 1. The summed E-state index contributed by atoms with van der Waals surface area (Å²) in [6.45, 7) is -0.406. The fourth-order valence-electron chi connectivity index (χ4n) is 9.04. The van der Waals surface area contributed by atoms with E-state index in [2.05, 4.69) is 29.9 Å². The first-order chi connectivity index (χ1) is 48.5. The number of nitrogens with zero attached hydrogens (tertiary/aromatic N) is 7. The van der Waals surface area contributed by atoms with Crippen LogP contribution in [0.15, 0.2) is 292 Å². The molecule has 0 saturated carbocycles. The van der Waals surface area contributed by atoms with Crippen molar-refractivity contribution in [2.75, 3.05) is 6.61 Å². The van der Waals surface area contributed by atoms with E-state index in [-0.39, 0.29) is 37.3 Å². The molecular formula is C77H70N10O12S. The van der Waals surface area contributed by atoms with Crippen LogP contribution in [0.5, 0.6) is 0 Å². The van der Waals surface area contributed by atoms with E-state index in [0.29, 0.717) is 45.6 Å². The van der Waals surface area contributed by atoms with Crippen LogP contribution in [0.1, 0.15) is 39.0 Å². The number of amides is 3. The normalized spacial score (nSPS) is 10.2. The summed E-state index contributed by atoms with van der Waals surface area (Å²) in [6.07, 6.45) is 10.6. The number of Topliss-reactive ketones (excluding diaryl/α,β-unsaturated/α-hetero) is 1. The number of sulfonamides is 1. The number of carboxylic acid groups (broad SMARTS) is 1. The molecule has 9 N–H and O–H groups in total. The molecule has 0 aliphatic rings. The van der Waals surface area contributed by atoms with E-state index >= 15 is 0 Å². The highest BCUT2D eigenvalue weighted by molar-refractivity contribution is 7.88. The van der Waals surface area contributed by atoms with Gasteiger partial charge in [0.05, 0.1) is 42.9 Å². The number of hydrogen-bond acceptors (Lipinski definition) is 17. The van der Waals surface area contributed by atoms with E-state index in [0.717, 1.165) is 66.8 Å². The fraction of sp³-hybridized carbons (Fsp3) is 0.0779. The molecule has 0 bridgehead atoms. The van der Waals surface area contributed by atoms with Gasteiger partial charge in [0.2, 0.25) is 34.0 Å². The molecule has 3 amide bonds. The molecule has 0 unspecified atom stereocenters. The molecule has 0 aliphatic carbocycles. The molecule has 100 heavy (non-hydrogen) atoms. The summed E-state index contributed by atoms with van der Waals surface area (Å²) in [7, 11) is -3.52. The van der Waals surface area contributed by atoms with Gasteiger partial charge in [-0.1, -0.05) is 218 Å². The third kappa shape index (κ3) is 26.3. The standard InChI is InChI=1S/3C13H12N2O2.2C13H11NO2.C12H12N2O2S/c16-10-15(17)9-13-7-6-12(8-14-13)11-4-2-1-3-5-11;2*16-13(15-17)8-12-7-6-11(9-14-12)10-4-2-1-3-5-10;15-13(16)8-12-7-6-11(9-14-12)10-4-2-1-3-5-10;15-9-13(16)12-7-6-11(8-14-12)10-4-2-1-3-5-10;13-17(15,16)9-12-7-6-11(8-14-12)10-4-2-1-3-5-10/h1-8,10,17H,9H2;2*1-7,9,17H,8H2,(H,15,16);1-7,9H,8H2,(H,15,16);1-8,15H,9H2;1-8H,9H2,(H2,13,15,16). The number of hydroxylamine groups is 4. The number of carboxylic acids is 1. The van der Waals surface area contributed by atoms with Crippen molar-refractivity contribution < 1.29 is 58.2 Å². The van der Waals surface area contributed by atoms with Crippen molar-refractivity contribution in [1.82, 2.24) is 45.9 Å². The van der Waals surface area contributed by atoms with Crippen LogP contribution in [0.3, 0.4) is 0 Å². The Kier molecular flexibility index (Phi) is 30.1. The molecule has 0 aliphatic heterocycles. The lowest BCUT2D eigenvalue weighted by molar-refractivity contribution is -0.152. The Labute approximate surface area is 577 Å². The van der Waals surface area contributed by atoms with Gasteiger partial charge in [-0.3, -0.25) is 69.5 Å². The van der Waals surface area contributed by atoms with Gasteiger partial charge < -0.3 is 10.2 Å². The van der Waals surface area contributed by atoms with Crippen molar-refractivity contribution in [2.45, 2.75) is 31.6 Å². The van der Waals surface area contributed by atoms with Crippen LogP contribution in [-0.4, -0.2) is 106 Å². The topological polar surface area (TPSA) is 351 Å². The van der Waals surface area contributed by atoms with Crippen molar-refractivity contribution >= 4 is 40.0 Å². The number of hydrogen-bond donors (Lipinski definition) is 8. The van der Waals surface area contributed by atoms with Crippen molar-refractivity contribution in [3.05, 3.63) is 326 Å². The van der Waals surface area contributed by atoms with E-state index in [1.807, 2.05) is 218 Å². The Morgan fingerprint density at radius 3 is 0.880 bits per heavy atom. The van der Waals surface area contributed by atoms with Gasteiger partial charge in [-0.15, -0.1) is 0 Å². The number of carbonyl (C=O) groups excluding carboxylic acids is 4. The van der Waals surface area contributed by atoms with Crippen molar-refractivity contribution in [2.24, 2.45) is 5.14 Å². The Morgan fingerprint density at radius 2 is 0.650 bits per heavy atom.